The van der Waals surface area contributed by atoms with Gasteiger partial charge in [-0.1, -0.05) is 63.1 Å². The van der Waals surface area contributed by atoms with Crippen molar-refractivity contribution in [1.29, 1.82) is 0 Å². The summed E-state index contributed by atoms with van der Waals surface area (Å²) in [4.78, 5) is 14.6. The minimum atomic E-state index is 0.112. The first-order chi connectivity index (χ1) is 20.7. The maximum atomic E-state index is 5.84. The summed E-state index contributed by atoms with van der Waals surface area (Å²) >= 11 is 0. The van der Waals surface area contributed by atoms with Gasteiger partial charge in [0.1, 0.15) is 0 Å². The molecule has 3 spiro atoms. The van der Waals surface area contributed by atoms with E-state index in [-0.39, 0.29) is 16.2 Å². The molecule has 9 atom stereocenters. The highest BCUT2D eigenvalue weighted by molar-refractivity contribution is 6.08. The summed E-state index contributed by atoms with van der Waals surface area (Å²) in [5, 5.41) is 0. The topological polar surface area (TPSA) is 22.1 Å². The van der Waals surface area contributed by atoms with Crippen molar-refractivity contribution in [2.24, 2.45) is 34.1 Å². The number of aliphatic imine (C=N–C) groups is 1. The molecule has 2 aromatic rings. The van der Waals surface area contributed by atoms with Crippen LogP contribution in [0, 0.1) is 29.1 Å². The van der Waals surface area contributed by atoms with Crippen molar-refractivity contribution in [1.82, 2.24) is 9.80 Å². The van der Waals surface area contributed by atoms with Crippen LogP contribution in [-0.2, 0) is 10.8 Å². The van der Waals surface area contributed by atoms with E-state index in [4.69, 9.17) is 4.99 Å². The summed E-state index contributed by atoms with van der Waals surface area (Å²) in [5.74, 6) is 3.01. The van der Waals surface area contributed by atoms with Crippen molar-refractivity contribution in [2.45, 2.75) is 81.7 Å². The molecule has 9 aliphatic rings. The molecular formula is C38H44N4. The average molecular weight is 557 g/mol. The van der Waals surface area contributed by atoms with E-state index in [0.717, 1.165) is 30.2 Å². The predicted molar refractivity (Wildman–Crippen MR) is 168 cm³/mol. The summed E-state index contributed by atoms with van der Waals surface area (Å²) < 4.78 is 0. The standard InChI is InChI=1S/C38H44N4/c1-3-23-25-13-17-40-19-15-37(32(23)40)29-10-6-8-12-31(29)42-22-36(21-26(25)34(37)42)27-14-18-41-20-16-38(33(41)24(27)4-2)28-9-5-7-11-30(28)39-35(36)38/h5-12,23-25,27,32-33H,3-4,13-22H2,1-2H3. The van der Waals surface area contributed by atoms with E-state index < -0.39 is 0 Å². The van der Waals surface area contributed by atoms with Crippen molar-refractivity contribution in [3.05, 3.63) is 70.9 Å². The van der Waals surface area contributed by atoms with Crippen LogP contribution in [0.25, 0.3) is 0 Å². The summed E-state index contributed by atoms with van der Waals surface area (Å²) in [6.07, 6.45) is 9.19. The molecule has 42 heavy (non-hydrogen) atoms. The van der Waals surface area contributed by atoms with Gasteiger partial charge in [0.15, 0.2) is 0 Å². The average Bonchev–Trinajstić information content (AvgIpc) is 3.79. The van der Waals surface area contributed by atoms with Gasteiger partial charge in [-0.05, 0) is 111 Å². The van der Waals surface area contributed by atoms with E-state index >= 15 is 0 Å². The molecule has 0 radical (unpaired) electrons. The molecule has 4 bridgehead atoms. The highest BCUT2D eigenvalue weighted by Crippen LogP contribution is 2.72. The number of nitrogens with zero attached hydrogens (tertiary/aromatic N) is 4. The van der Waals surface area contributed by atoms with Gasteiger partial charge in [0.05, 0.1) is 16.5 Å². The SMILES string of the molecule is CCC1C2CCN3CCC4(C5=C2CC2(CN5c5ccccc54)C4=Nc5ccccc5C45CCN4CCC2C(CC)C45)C13. The molecule has 1 saturated carbocycles. The maximum absolute atomic E-state index is 5.84. The van der Waals surface area contributed by atoms with E-state index in [2.05, 4.69) is 77.1 Å². The molecule has 9 unspecified atom stereocenters. The third-order valence-electron chi connectivity index (χ3n) is 14.9. The fourth-order valence-electron chi connectivity index (χ4n) is 14.0. The third kappa shape index (κ3) is 2.31. The second-order valence-corrected chi connectivity index (χ2v) is 15.6. The second kappa shape index (κ2) is 7.61. The molecule has 0 amide bonds. The Morgan fingerprint density at radius 1 is 0.786 bits per heavy atom. The number of fused-ring (bicyclic) bond motifs is 8. The molecule has 11 rings (SSSR count). The molecule has 4 saturated heterocycles. The first-order valence-electron chi connectivity index (χ1n) is 17.4. The number of rotatable bonds is 2. The zero-order chi connectivity index (χ0) is 27.6. The van der Waals surface area contributed by atoms with Crippen LogP contribution in [0.5, 0.6) is 0 Å². The van der Waals surface area contributed by atoms with Crippen LogP contribution in [-0.4, -0.2) is 60.3 Å². The maximum Gasteiger partial charge on any atom is 0.0671 e. The minimum Gasteiger partial charge on any atom is -0.343 e. The predicted octanol–water partition coefficient (Wildman–Crippen LogP) is 6.68. The van der Waals surface area contributed by atoms with Gasteiger partial charge in [0.25, 0.3) is 0 Å². The van der Waals surface area contributed by atoms with Crippen LogP contribution < -0.4 is 4.90 Å². The van der Waals surface area contributed by atoms with E-state index in [9.17, 15) is 0 Å². The molecule has 4 nitrogen and oxygen atoms in total. The van der Waals surface area contributed by atoms with Crippen LogP contribution in [0.4, 0.5) is 11.4 Å². The van der Waals surface area contributed by atoms with Gasteiger partial charge in [0.2, 0.25) is 0 Å². The fourth-order valence-corrected chi connectivity index (χ4v) is 14.0. The van der Waals surface area contributed by atoms with Crippen LogP contribution >= 0.6 is 0 Å². The summed E-state index contributed by atoms with van der Waals surface area (Å²) in [7, 11) is 0. The lowest BCUT2D eigenvalue weighted by molar-refractivity contribution is -0.0188. The fraction of sp³-hybridized carbons (Fsp3) is 0.605. The third-order valence-corrected chi connectivity index (χ3v) is 14.9. The highest BCUT2D eigenvalue weighted by atomic mass is 15.3. The van der Waals surface area contributed by atoms with Gasteiger partial charge in [-0.2, -0.15) is 0 Å². The molecule has 2 aliphatic carbocycles. The number of para-hydroxylation sites is 2. The van der Waals surface area contributed by atoms with E-state index in [1.54, 1.807) is 28.2 Å². The van der Waals surface area contributed by atoms with Gasteiger partial charge in [0, 0.05) is 41.1 Å². The number of hydrogen-bond acceptors (Lipinski definition) is 4. The lowest BCUT2D eigenvalue weighted by Gasteiger charge is -2.65. The second-order valence-electron chi connectivity index (χ2n) is 15.6. The molecule has 216 valence electrons. The molecular weight excluding hydrogens is 512 g/mol. The van der Waals surface area contributed by atoms with Crippen molar-refractivity contribution in [3.8, 4) is 0 Å². The lowest BCUT2D eigenvalue weighted by Crippen LogP contribution is -2.71. The zero-order valence-electron chi connectivity index (χ0n) is 25.4. The molecule has 0 N–H and O–H groups in total. The van der Waals surface area contributed by atoms with Gasteiger partial charge >= 0.3 is 0 Å². The molecule has 7 aliphatic heterocycles. The van der Waals surface area contributed by atoms with Crippen molar-refractivity contribution in [2.75, 3.05) is 37.6 Å². The highest BCUT2D eigenvalue weighted by Gasteiger charge is 2.74. The Bertz CT molecular complexity index is 1620. The van der Waals surface area contributed by atoms with Crippen molar-refractivity contribution >= 4 is 17.1 Å². The van der Waals surface area contributed by atoms with E-state index in [0.29, 0.717) is 12.1 Å². The molecule has 2 aromatic carbocycles. The summed E-state index contributed by atoms with van der Waals surface area (Å²) in [5.41, 5.74) is 11.9. The number of anilines is 1. The minimum absolute atomic E-state index is 0.112. The first-order valence-corrected chi connectivity index (χ1v) is 17.4. The van der Waals surface area contributed by atoms with Crippen LogP contribution in [0.15, 0.2) is 64.8 Å². The Kier molecular flexibility index (Phi) is 4.34. The Morgan fingerprint density at radius 3 is 2.33 bits per heavy atom. The normalized spacial score (nSPS) is 45.2. The van der Waals surface area contributed by atoms with Crippen LogP contribution in [0.1, 0.15) is 69.9 Å². The van der Waals surface area contributed by atoms with Crippen LogP contribution in [0.3, 0.4) is 0 Å². The molecule has 7 heterocycles. The first kappa shape index (κ1) is 24.0. The zero-order valence-corrected chi connectivity index (χ0v) is 25.4. The number of piperidine rings is 2. The van der Waals surface area contributed by atoms with E-state index in [1.807, 2.05) is 5.57 Å². The van der Waals surface area contributed by atoms with Gasteiger partial charge in [-0.3, -0.25) is 14.8 Å². The molecule has 4 heteroatoms. The Labute approximate surface area is 250 Å². The van der Waals surface area contributed by atoms with Gasteiger partial charge in [-0.15, -0.1) is 0 Å². The Morgan fingerprint density at radius 2 is 1.50 bits per heavy atom. The number of allylic oxidation sites excluding steroid dienone is 1. The smallest absolute Gasteiger partial charge is 0.0671 e. The van der Waals surface area contributed by atoms with Crippen molar-refractivity contribution in [3.63, 3.8) is 0 Å². The quantitative estimate of drug-likeness (QED) is 0.412. The molecule has 5 fully saturated rings. The Hall–Kier alpha value is -2.43. The van der Waals surface area contributed by atoms with Crippen molar-refractivity contribution < 1.29 is 0 Å². The summed E-state index contributed by atoms with van der Waals surface area (Å²) in [6.45, 7) is 11.3. The summed E-state index contributed by atoms with van der Waals surface area (Å²) in [6, 6.07) is 20.4. The van der Waals surface area contributed by atoms with E-state index in [1.165, 1.54) is 76.8 Å². The number of hydrogen-bond donors (Lipinski definition) is 0. The van der Waals surface area contributed by atoms with Crippen LogP contribution in [0.2, 0.25) is 0 Å². The Balaban J connectivity index is 1.21. The molecule has 0 aromatic heterocycles. The monoisotopic (exact) mass is 556 g/mol. The lowest BCUT2D eigenvalue weighted by atomic mass is 9.44. The van der Waals surface area contributed by atoms with Gasteiger partial charge in [-0.25, -0.2) is 0 Å². The largest absolute Gasteiger partial charge is 0.343 e. The number of benzene rings is 2. The van der Waals surface area contributed by atoms with Gasteiger partial charge < -0.3 is 4.90 Å².